The maximum absolute atomic E-state index is 3.60. The van der Waals surface area contributed by atoms with E-state index in [4.69, 9.17) is 0 Å². The second kappa shape index (κ2) is 8.68. The SMILES string of the molecule is [CH2-]CCC.[K+].c1ccc2[nH]ccc2c1. The first-order chi connectivity index (χ1) is 6.38. The molecule has 0 saturated heterocycles. The van der Waals surface area contributed by atoms with E-state index in [2.05, 4.69) is 37.0 Å². The molecule has 2 aromatic rings. The van der Waals surface area contributed by atoms with E-state index in [-0.39, 0.29) is 51.4 Å². The van der Waals surface area contributed by atoms with Crippen LogP contribution >= 0.6 is 0 Å². The van der Waals surface area contributed by atoms with Crippen LogP contribution in [0.15, 0.2) is 36.5 Å². The van der Waals surface area contributed by atoms with Crippen molar-refractivity contribution in [3.05, 3.63) is 43.5 Å². The van der Waals surface area contributed by atoms with Gasteiger partial charge in [0.25, 0.3) is 0 Å². The zero-order chi connectivity index (χ0) is 9.52. The van der Waals surface area contributed by atoms with E-state index >= 15 is 0 Å². The third-order valence-electron chi connectivity index (χ3n) is 1.82. The molecule has 0 aliphatic carbocycles. The summed E-state index contributed by atoms with van der Waals surface area (Å²) in [6, 6.07) is 10.3. The summed E-state index contributed by atoms with van der Waals surface area (Å²) < 4.78 is 0. The first-order valence-electron chi connectivity index (χ1n) is 4.70. The third-order valence-corrected chi connectivity index (χ3v) is 1.82. The van der Waals surface area contributed by atoms with Crippen molar-refractivity contribution in [2.45, 2.75) is 19.8 Å². The topological polar surface area (TPSA) is 15.8 Å². The van der Waals surface area contributed by atoms with Crippen LogP contribution in [-0.4, -0.2) is 4.98 Å². The minimum absolute atomic E-state index is 0. The van der Waals surface area contributed by atoms with Gasteiger partial charge in [0.15, 0.2) is 0 Å². The molecule has 2 heteroatoms. The van der Waals surface area contributed by atoms with E-state index in [1.54, 1.807) is 0 Å². The van der Waals surface area contributed by atoms with Crippen LogP contribution in [0.1, 0.15) is 19.8 Å². The molecule has 0 fully saturated rings. The number of fused-ring (bicyclic) bond motifs is 1. The van der Waals surface area contributed by atoms with Crippen LogP contribution in [0.2, 0.25) is 0 Å². The van der Waals surface area contributed by atoms with Crippen LogP contribution in [-0.2, 0) is 0 Å². The molecule has 1 N–H and O–H groups in total. The Kier molecular flexibility index (Phi) is 8.93. The number of hydrogen-bond donors (Lipinski definition) is 1. The molecule has 1 nitrogen and oxygen atoms in total. The van der Waals surface area contributed by atoms with Crippen molar-refractivity contribution in [3.63, 3.8) is 0 Å². The fraction of sp³-hybridized carbons (Fsp3) is 0.250. The Morgan fingerprint density at radius 2 is 1.86 bits per heavy atom. The molecular formula is C12H16KN. The number of aromatic amines is 1. The first-order valence-corrected chi connectivity index (χ1v) is 4.70. The first kappa shape index (κ1) is 14.4. The predicted octanol–water partition coefficient (Wildman–Crippen LogP) is 0.792. The Bertz CT molecular complexity index is 308. The van der Waals surface area contributed by atoms with E-state index in [1.807, 2.05) is 18.3 Å². The van der Waals surface area contributed by atoms with E-state index in [9.17, 15) is 0 Å². The van der Waals surface area contributed by atoms with Crippen molar-refractivity contribution < 1.29 is 51.4 Å². The largest absolute Gasteiger partial charge is 1.00 e. The van der Waals surface area contributed by atoms with Crippen LogP contribution in [0, 0.1) is 6.92 Å². The summed E-state index contributed by atoms with van der Waals surface area (Å²) in [6.45, 7) is 5.72. The molecule has 1 heterocycles. The van der Waals surface area contributed by atoms with E-state index in [0.717, 1.165) is 6.42 Å². The molecule has 0 amide bonds. The van der Waals surface area contributed by atoms with Crippen molar-refractivity contribution in [1.29, 1.82) is 0 Å². The molecule has 0 radical (unpaired) electrons. The monoisotopic (exact) mass is 213 g/mol. The van der Waals surface area contributed by atoms with Gasteiger partial charge in [0.2, 0.25) is 0 Å². The molecule has 70 valence electrons. The Hall–Kier alpha value is 0.396. The van der Waals surface area contributed by atoms with Crippen molar-refractivity contribution >= 4 is 10.9 Å². The molecule has 1 aromatic carbocycles. The molecular weight excluding hydrogens is 197 g/mol. The van der Waals surface area contributed by atoms with Gasteiger partial charge in [-0.15, -0.1) is 0 Å². The number of H-pyrrole nitrogens is 1. The van der Waals surface area contributed by atoms with Crippen molar-refractivity contribution in [2.75, 3.05) is 0 Å². The Balaban J connectivity index is 0.000000299. The van der Waals surface area contributed by atoms with Crippen molar-refractivity contribution in [1.82, 2.24) is 4.98 Å². The minimum atomic E-state index is 0. The zero-order valence-corrected chi connectivity index (χ0v) is 12.2. The van der Waals surface area contributed by atoms with Gasteiger partial charge in [0.1, 0.15) is 0 Å². The summed E-state index contributed by atoms with van der Waals surface area (Å²) in [5.41, 5.74) is 1.21. The number of benzene rings is 1. The number of nitrogens with one attached hydrogen (secondary N) is 1. The number of para-hydroxylation sites is 1. The number of hydrogen-bond acceptors (Lipinski definition) is 0. The van der Waals surface area contributed by atoms with Crippen molar-refractivity contribution in [2.24, 2.45) is 0 Å². The van der Waals surface area contributed by atoms with E-state index in [0.29, 0.717) is 0 Å². The van der Waals surface area contributed by atoms with Gasteiger partial charge in [-0.1, -0.05) is 31.5 Å². The molecule has 0 unspecified atom stereocenters. The molecule has 0 atom stereocenters. The van der Waals surface area contributed by atoms with Gasteiger partial charge in [0.05, 0.1) is 0 Å². The average Bonchev–Trinajstić information content (AvgIpc) is 2.66. The third kappa shape index (κ3) is 4.76. The van der Waals surface area contributed by atoms with E-state index < -0.39 is 0 Å². The Labute approximate surface area is 129 Å². The van der Waals surface area contributed by atoms with Gasteiger partial charge >= 0.3 is 51.4 Å². The summed E-state index contributed by atoms with van der Waals surface area (Å²) in [5.74, 6) is 0. The quantitative estimate of drug-likeness (QED) is 0.532. The van der Waals surface area contributed by atoms with Gasteiger partial charge in [-0.2, -0.15) is 6.42 Å². The van der Waals surface area contributed by atoms with Crippen LogP contribution in [0.4, 0.5) is 0 Å². The maximum atomic E-state index is 3.60. The van der Waals surface area contributed by atoms with Gasteiger partial charge in [0, 0.05) is 11.7 Å². The zero-order valence-electron chi connectivity index (χ0n) is 9.09. The summed E-state index contributed by atoms with van der Waals surface area (Å²) >= 11 is 0. The fourth-order valence-electron chi connectivity index (χ4n) is 0.995. The number of rotatable bonds is 1. The second-order valence-electron chi connectivity index (χ2n) is 2.92. The average molecular weight is 213 g/mol. The van der Waals surface area contributed by atoms with Gasteiger partial charge < -0.3 is 11.9 Å². The Morgan fingerprint density at radius 1 is 1.21 bits per heavy atom. The molecule has 0 bridgehead atoms. The maximum Gasteiger partial charge on any atom is 1.00 e. The normalized spacial score (nSPS) is 8.71. The number of unbranched alkanes of at least 4 members (excludes halogenated alkanes) is 1. The summed E-state index contributed by atoms with van der Waals surface area (Å²) in [6.07, 6.45) is 4.23. The molecule has 0 aliphatic rings. The van der Waals surface area contributed by atoms with E-state index in [1.165, 1.54) is 17.3 Å². The molecule has 2 rings (SSSR count). The summed E-state index contributed by atoms with van der Waals surface area (Å²) in [4.78, 5) is 3.12. The standard InChI is InChI=1S/C8H7N.C4H9.K/c1-2-4-8-7(3-1)5-6-9-8;1-3-4-2;/h1-6,9H;1,3-4H2,2H3;/q;-1;+1. The molecule has 0 saturated carbocycles. The number of aromatic nitrogens is 1. The van der Waals surface area contributed by atoms with Crippen LogP contribution in [0.5, 0.6) is 0 Å². The van der Waals surface area contributed by atoms with Crippen molar-refractivity contribution in [3.8, 4) is 0 Å². The molecule has 1 aromatic heterocycles. The van der Waals surface area contributed by atoms with Gasteiger partial charge in [-0.3, -0.25) is 0 Å². The molecule has 0 spiro atoms. The van der Waals surface area contributed by atoms with Crippen LogP contribution in [0.3, 0.4) is 0 Å². The van der Waals surface area contributed by atoms with Crippen LogP contribution < -0.4 is 51.4 Å². The summed E-state index contributed by atoms with van der Waals surface area (Å²) in [7, 11) is 0. The molecule has 14 heavy (non-hydrogen) atoms. The molecule has 0 aliphatic heterocycles. The minimum Gasteiger partial charge on any atom is -0.361 e. The van der Waals surface area contributed by atoms with Gasteiger partial charge in [-0.05, 0) is 17.5 Å². The Morgan fingerprint density at radius 3 is 2.43 bits per heavy atom. The fourth-order valence-corrected chi connectivity index (χ4v) is 0.995. The van der Waals surface area contributed by atoms with Gasteiger partial charge in [-0.25, -0.2) is 0 Å². The predicted molar refractivity (Wildman–Crippen MR) is 58.6 cm³/mol. The summed E-state index contributed by atoms with van der Waals surface area (Å²) in [5, 5.41) is 1.28. The van der Waals surface area contributed by atoms with Crippen LogP contribution in [0.25, 0.3) is 10.9 Å². The second-order valence-corrected chi connectivity index (χ2v) is 2.92. The smallest absolute Gasteiger partial charge is 0.361 e.